The molecule has 0 saturated carbocycles. The number of hydrogen-bond acceptors (Lipinski definition) is 5. The standard InChI is InChI=1S/C7H15N3O2/c1-11-6(12-2)5-3-4-9-7(8)10-5/h5-6H,3-4H2,1-2H3,(H3,8,9,10). The first-order valence-corrected chi connectivity index (χ1v) is 3.90. The second kappa shape index (κ2) is 4.27. The fourth-order valence-electron chi connectivity index (χ4n) is 1.26. The second-order valence-corrected chi connectivity index (χ2v) is 2.65. The smallest absolute Gasteiger partial charge is 0.188 e. The third kappa shape index (κ3) is 2.09. The number of ether oxygens (including phenoxy) is 2. The molecule has 0 aromatic carbocycles. The summed E-state index contributed by atoms with van der Waals surface area (Å²) in [5.41, 5.74) is 5.50. The number of hydrogen-bond donors (Lipinski definition) is 2. The molecule has 0 amide bonds. The Balaban J connectivity index is 2.47. The highest BCUT2D eigenvalue weighted by Crippen LogP contribution is 2.06. The molecule has 5 nitrogen and oxygen atoms in total. The fraction of sp³-hybridized carbons (Fsp3) is 0.857. The number of nitrogens with one attached hydrogen (secondary N) is 1. The topological polar surface area (TPSA) is 68.9 Å². The maximum atomic E-state index is 5.50. The van der Waals surface area contributed by atoms with Gasteiger partial charge in [0.1, 0.15) is 0 Å². The van der Waals surface area contributed by atoms with Crippen molar-refractivity contribution in [2.24, 2.45) is 10.7 Å². The number of rotatable bonds is 3. The number of aliphatic imine (C=N–C) groups is 1. The average molecular weight is 173 g/mol. The monoisotopic (exact) mass is 173 g/mol. The van der Waals surface area contributed by atoms with Gasteiger partial charge < -0.3 is 20.5 Å². The minimum absolute atomic E-state index is 0.109. The third-order valence-electron chi connectivity index (χ3n) is 1.85. The predicted octanol–water partition coefficient (Wildman–Crippen LogP) is -0.718. The quantitative estimate of drug-likeness (QED) is 0.553. The summed E-state index contributed by atoms with van der Waals surface area (Å²) in [5.74, 6) is 0.463. The third-order valence-corrected chi connectivity index (χ3v) is 1.85. The van der Waals surface area contributed by atoms with Crippen LogP contribution >= 0.6 is 0 Å². The molecule has 1 aliphatic rings. The van der Waals surface area contributed by atoms with Crippen molar-refractivity contribution in [2.45, 2.75) is 18.8 Å². The van der Waals surface area contributed by atoms with E-state index in [1.54, 1.807) is 14.2 Å². The van der Waals surface area contributed by atoms with Gasteiger partial charge in [-0.25, -0.2) is 0 Å². The first-order chi connectivity index (χ1) is 5.77. The van der Waals surface area contributed by atoms with Gasteiger partial charge in [-0.3, -0.25) is 4.99 Å². The van der Waals surface area contributed by atoms with Crippen LogP contribution in [0.1, 0.15) is 6.42 Å². The Morgan fingerprint density at radius 2 is 2.25 bits per heavy atom. The molecular formula is C7H15N3O2. The molecule has 0 radical (unpaired) electrons. The molecule has 1 rings (SSSR count). The molecule has 0 fully saturated rings. The Kier molecular flexibility index (Phi) is 3.31. The lowest BCUT2D eigenvalue weighted by molar-refractivity contribution is -0.121. The molecule has 3 N–H and O–H groups in total. The van der Waals surface area contributed by atoms with Crippen LogP contribution in [0.15, 0.2) is 4.99 Å². The zero-order valence-corrected chi connectivity index (χ0v) is 7.41. The summed E-state index contributed by atoms with van der Waals surface area (Å²) in [6, 6.07) is 0.109. The predicted molar refractivity (Wildman–Crippen MR) is 45.8 cm³/mol. The highest BCUT2D eigenvalue weighted by atomic mass is 16.7. The van der Waals surface area contributed by atoms with Crippen LogP contribution in [-0.4, -0.2) is 39.1 Å². The van der Waals surface area contributed by atoms with Crippen LogP contribution < -0.4 is 11.1 Å². The van der Waals surface area contributed by atoms with Gasteiger partial charge in [0.15, 0.2) is 12.2 Å². The van der Waals surface area contributed by atoms with Gasteiger partial charge in [-0.2, -0.15) is 0 Å². The molecule has 0 aromatic rings. The van der Waals surface area contributed by atoms with E-state index in [2.05, 4.69) is 10.3 Å². The molecule has 0 spiro atoms. The first-order valence-electron chi connectivity index (χ1n) is 3.90. The van der Waals surface area contributed by atoms with Crippen LogP contribution in [0, 0.1) is 0 Å². The summed E-state index contributed by atoms with van der Waals surface area (Å²) >= 11 is 0. The number of nitrogens with zero attached hydrogens (tertiary/aromatic N) is 1. The van der Waals surface area contributed by atoms with E-state index in [0.29, 0.717) is 5.96 Å². The van der Waals surface area contributed by atoms with Gasteiger partial charge in [-0.05, 0) is 6.42 Å². The molecule has 5 heteroatoms. The van der Waals surface area contributed by atoms with Crippen LogP contribution in [0.2, 0.25) is 0 Å². The number of guanidine groups is 1. The van der Waals surface area contributed by atoms with Crippen molar-refractivity contribution in [1.82, 2.24) is 5.32 Å². The Morgan fingerprint density at radius 1 is 1.58 bits per heavy atom. The number of nitrogens with two attached hydrogens (primary N) is 1. The molecule has 1 atom stereocenters. The second-order valence-electron chi connectivity index (χ2n) is 2.65. The van der Waals surface area contributed by atoms with Gasteiger partial charge >= 0.3 is 0 Å². The summed E-state index contributed by atoms with van der Waals surface area (Å²) < 4.78 is 10.2. The van der Waals surface area contributed by atoms with Gasteiger partial charge in [-0.15, -0.1) is 0 Å². The van der Waals surface area contributed by atoms with Crippen LogP contribution in [0.5, 0.6) is 0 Å². The minimum Gasteiger partial charge on any atom is -0.370 e. The molecule has 0 bridgehead atoms. The summed E-state index contributed by atoms with van der Waals surface area (Å²) in [6.45, 7) is 0.729. The Morgan fingerprint density at radius 3 is 2.75 bits per heavy atom. The van der Waals surface area contributed by atoms with Crippen molar-refractivity contribution in [2.75, 3.05) is 20.8 Å². The highest BCUT2D eigenvalue weighted by Gasteiger charge is 2.23. The molecule has 0 aliphatic carbocycles. The highest BCUT2D eigenvalue weighted by molar-refractivity contribution is 5.78. The van der Waals surface area contributed by atoms with E-state index in [9.17, 15) is 0 Å². The molecular weight excluding hydrogens is 158 g/mol. The Bertz CT molecular complexity index is 168. The fourth-order valence-corrected chi connectivity index (χ4v) is 1.26. The van der Waals surface area contributed by atoms with Crippen molar-refractivity contribution in [3.05, 3.63) is 0 Å². The lowest BCUT2D eigenvalue weighted by atomic mass is 10.2. The van der Waals surface area contributed by atoms with E-state index >= 15 is 0 Å². The normalized spacial score (nSPS) is 23.6. The largest absolute Gasteiger partial charge is 0.370 e. The van der Waals surface area contributed by atoms with Gasteiger partial charge in [0, 0.05) is 20.8 Å². The van der Waals surface area contributed by atoms with Crippen LogP contribution in [-0.2, 0) is 9.47 Å². The summed E-state index contributed by atoms with van der Waals surface area (Å²) in [5, 5.41) is 3.00. The van der Waals surface area contributed by atoms with Crippen molar-refractivity contribution in [3.63, 3.8) is 0 Å². The number of methoxy groups -OCH3 is 2. The van der Waals surface area contributed by atoms with E-state index in [4.69, 9.17) is 15.2 Å². The van der Waals surface area contributed by atoms with Gasteiger partial charge in [0.2, 0.25) is 0 Å². The summed E-state index contributed by atoms with van der Waals surface area (Å²) in [4.78, 5) is 4.00. The van der Waals surface area contributed by atoms with Crippen molar-refractivity contribution >= 4 is 5.96 Å². The van der Waals surface area contributed by atoms with Crippen molar-refractivity contribution in [3.8, 4) is 0 Å². The first kappa shape index (κ1) is 9.28. The molecule has 0 aromatic heterocycles. The van der Waals surface area contributed by atoms with Gasteiger partial charge in [0.25, 0.3) is 0 Å². The van der Waals surface area contributed by atoms with E-state index in [1.165, 1.54) is 0 Å². The minimum atomic E-state index is -0.251. The van der Waals surface area contributed by atoms with Crippen LogP contribution in [0.4, 0.5) is 0 Å². The Labute approximate surface area is 71.9 Å². The molecule has 0 saturated heterocycles. The van der Waals surface area contributed by atoms with Crippen molar-refractivity contribution in [1.29, 1.82) is 0 Å². The lowest BCUT2D eigenvalue weighted by Crippen LogP contribution is -2.50. The van der Waals surface area contributed by atoms with E-state index in [1.807, 2.05) is 0 Å². The maximum Gasteiger partial charge on any atom is 0.188 e. The summed E-state index contributed by atoms with van der Waals surface area (Å²) in [7, 11) is 3.22. The van der Waals surface area contributed by atoms with Crippen LogP contribution in [0.3, 0.4) is 0 Å². The van der Waals surface area contributed by atoms with E-state index in [-0.39, 0.29) is 12.3 Å². The molecule has 12 heavy (non-hydrogen) atoms. The summed E-state index contributed by atoms with van der Waals surface area (Å²) in [6.07, 6.45) is 0.631. The molecule has 70 valence electrons. The average Bonchev–Trinajstić information content (AvgIpc) is 2.07. The Hall–Kier alpha value is -0.810. The van der Waals surface area contributed by atoms with Crippen LogP contribution in [0.25, 0.3) is 0 Å². The van der Waals surface area contributed by atoms with Gasteiger partial charge in [0.05, 0.1) is 6.04 Å². The zero-order valence-electron chi connectivity index (χ0n) is 7.41. The van der Waals surface area contributed by atoms with Gasteiger partial charge in [-0.1, -0.05) is 0 Å². The molecule has 1 unspecified atom stereocenters. The van der Waals surface area contributed by atoms with E-state index < -0.39 is 0 Å². The zero-order chi connectivity index (χ0) is 8.97. The van der Waals surface area contributed by atoms with E-state index in [0.717, 1.165) is 13.0 Å². The lowest BCUT2D eigenvalue weighted by Gasteiger charge is -2.28. The maximum absolute atomic E-state index is 5.50. The molecule has 1 heterocycles. The molecule has 1 aliphatic heterocycles. The SMILES string of the molecule is COC(OC)C1CCN=C(N)N1. The van der Waals surface area contributed by atoms with Crippen molar-refractivity contribution < 1.29 is 9.47 Å².